The van der Waals surface area contributed by atoms with Gasteiger partial charge in [-0.1, -0.05) is 47.8 Å². The van der Waals surface area contributed by atoms with Crippen LogP contribution in [0.15, 0.2) is 36.4 Å². The van der Waals surface area contributed by atoms with E-state index >= 15 is 0 Å². The first-order valence-corrected chi connectivity index (χ1v) is 9.11. The molecule has 3 nitrogen and oxygen atoms in total. The standard InChI is InChI=1S/C20H22Cl2N2O/c1-12-5-8-18-15(9-12)13(2)11-20(3,4)24(18)19(25)23-14-6-7-16(21)17(22)10-14/h5-10,13H,11H2,1-4H3,(H,23,25)/t13-/m1/s1. The van der Waals surface area contributed by atoms with Gasteiger partial charge in [0.2, 0.25) is 0 Å². The van der Waals surface area contributed by atoms with E-state index < -0.39 is 0 Å². The molecule has 3 rings (SSSR count). The van der Waals surface area contributed by atoms with Crippen molar-refractivity contribution < 1.29 is 4.79 Å². The molecule has 1 aliphatic rings. The van der Waals surface area contributed by atoms with Crippen LogP contribution < -0.4 is 10.2 Å². The number of aryl methyl sites for hydroxylation is 1. The summed E-state index contributed by atoms with van der Waals surface area (Å²) in [7, 11) is 0. The molecule has 1 heterocycles. The SMILES string of the molecule is Cc1ccc2c(c1)[C@H](C)CC(C)(C)N2C(=O)Nc1ccc(Cl)c(Cl)c1. The summed E-state index contributed by atoms with van der Waals surface area (Å²) in [5, 5.41) is 3.83. The molecule has 0 radical (unpaired) electrons. The molecule has 0 saturated carbocycles. The Balaban J connectivity index is 1.97. The van der Waals surface area contributed by atoms with Gasteiger partial charge in [-0.15, -0.1) is 0 Å². The lowest BCUT2D eigenvalue weighted by atomic mass is 9.80. The van der Waals surface area contributed by atoms with E-state index in [0.717, 1.165) is 12.1 Å². The zero-order valence-electron chi connectivity index (χ0n) is 14.9. The van der Waals surface area contributed by atoms with Gasteiger partial charge in [-0.3, -0.25) is 4.90 Å². The van der Waals surface area contributed by atoms with E-state index in [1.807, 2.05) is 17.0 Å². The minimum atomic E-state index is -0.290. The maximum absolute atomic E-state index is 13.1. The second-order valence-corrected chi connectivity index (χ2v) is 8.19. The number of halogens is 2. The highest BCUT2D eigenvalue weighted by Crippen LogP contribution is 2.44. The van der Waals surface area contributed by atoms with Crippen LogP contribution in [-0.2, 0) is 0 Å². The van der Waals surface area contributed by atoms with Crippen LogP contribution in [0.3, 0.4) is 0 Å². The van der Waals surface area contributed by atoms with Gasteiger partial charge in [-0.25, -0.2) is 4.79 Å². The molecular weight excluding hydrogens is 355 g/mol. The molecule has 1 aliphatic heterocycles. The largest absolute Gasteiger partial charge is 0.326 e. The monoisotopic (exact) mass is 376 g/mol. The topological polar surface area (TPSA) is 32.3 Å². The van der Waals surface area contributed by atoms with Crippen molar-refractivity contribution in [1.29, 1.82) is 0 Å². The zero-order chi connectivity index (χ0) is 18.4. The molecule has 25 heavy (non-hydrogen) atoms. The number of amides is 2. The number of hydrogen-bond acceptors (Lipinski definition) is 1. The van der Waals surface area contributed by atoms with Crippen LogP contribution in [0.2, 0.25) is 10.0 Å². The van der Waals surface area contributed by atoms with Crippen LogP contribution in [0.4, 0.5) is 16.2 Å². The maximum atomic E-state index is 13.1. The number of rotatable bonds is 1. The molecule has 0 fully saturated rings. The maximum Gasteiger partial charge on any atom is 0.326 e. The van der Waals surface area contributed by atoms with Gasteiger partial charge in [0.15, 0.2) is 0 Å². The van der Waals surface area contributed by atoms with E-state index in [-0.39, 0.29) is 11.6 Å². The lowest BCUT2D eigenvalue weighted by Crippen LogP contribution is -2.53. The third-order valence-electron chi connectivity index (χ3n) is 4.74. The second kappa shape index (κ2) is 6.54. The van der Waals surface area contributed by atoms with Crippen molar-refractivity contribution in [2.24, 2.45) is 0 Å². The zero-order valence-corrected chi connectivity index (χ0v) is 16.4. The summed E-state index contributed by atoms with van der Waals surface area (Å²) in [4.78, 5) is 14.9. The van der Waals surface area contributed by atoms with Crippen molar-refractivity contribution in [3.05, 3.63) is 57.6 Å². The Hall–Kier alpha value is -1.71. The van der Waals surface area contributed by atoms with Gasteiger partial charge in [0, 0.05) is 16.9 Å². The van der Waals surface area contributed by atoms with Gasteiger partial charge >= 0.3 is 6.03 Å². The van der Waals surface area contributed by atoms with Gasteiger partial charge < -0.3 is 5.32 Å². The number of anilines is 2. The van der Waals surface area contributed by atoms with Gasteiger partial charge in [0.05, 0.1) is 10.0 Å². The fourth-order valence-corrected chi connectivity index (χ4v) is 3.98. The van der Waals surface area contributed by atoms with Gasteiger partial charge in [-0.2, -0.15) is 0 Å². The van der Waals surface area contributed by atoms with Crippen LogP contribution in [0.25, 0.3) is 0 Å². The molecule has 0 spiro atoms. The Morgan fingerprint density at radius 2 is 1.88 bits per heavy atom. The fraction of sp³-hybridized carbons (Fsp3) is 0.350. The minimum Gasteiger partial charge on any atom is -0.307 e. The van der Waals surface area contributed by atoms with Gasteiger partial charge in [0.25, 0.3) is 0 Å². The third kappa shape index (κ3) is 3.49. The van der Waals surface area contributed by atoms with E-state index in [1.54, 1.807) is 18.2 Å². The Morgan fingerprint density at radius 1 is 1.16 bits per heavy atom. The van der Waals surface area contributed by atoms with E-state index in [1.165, 1.54) is 11.1 Å². The summed E-state index contributed by atoms with van der Waals surface area (Å²) in [5.74, 6) is 0.402. The lowest BCUT2D eigenvalue weighted by molar-refractivity contribution is 0.247. The summed E-state index contributed by atoms with van der Waals surface area (Å²) in [6.45, 7) is 8.49. The number of urea groups is 1. The van der Waals surface area contributed by atoms with Crippen LogP contribution >= 0.6 is 23.2 Å². The van der Waals surface area contributed by atoms with Crippen molar-refractivity contribution in [3.63, 3.8) is 0 Å². The fourth-order valence-electron chi connectivity index (χ4n) is 3.69. The molecule has 0 bridgehead atoms. The predicted molar refractivity (Wildman–Crippen MR) is 106 cm³/mol. The highest BCUT2D eigenvalue weighted by atomic mass is 35.5. The minimum absolute atomic E-state index is 0.166. The molecule has 2 aromatic carbocycles. The summed E-state index contributed by atoms with van der Waals surface area (Å²) >= 11 is 12.0. The van der Waals surface area contributed by atoms with E-state index in [2.05, 4.69) is 39.1 Å². The summed E-state index contributed by atoms with van der Waals surface area (Å²) in [6, 6.07) is 11.2. The molecule has 2 aromatic rings. The van der Waals surface area contributed by atoms with Crippen molar-refractivity contribution in [2.75, 3.05) is 10.2 Å². The molecule has 132 valence electrons. The molecule has 0 unspecified atom stereocenters. The van der Waals surface area contributed by atoms with Crippen LogP contribution in [0, 0.1) is 6.92 Å². The Bertz CT molecular complexity index is 832. The number of nitrogens with zero attached hydrogens (tertiary/aromatic N) is 1. The molecular formula is C20H22Cl2N2O. The van der Waals surface area contributed by atoms with E-state index in [4.69, 9.17) is 23.2 Å². The molecule has 1 atom stereocenters. The number of carbonyl (C=O) groups excluding carboxylic acids is 1. The molecule has 0 saturated heterocycles. The smallest absolute Gasteiger partial charge is 0.307 e. The average Bonchev–Trinajstić information content (AvgIpc) is 2.51. The number of hydrogen-bond donors (Lipinski definition) is 1. The van der Waals surface area contributed by atoms with E-state index in [0.29, 0.717) is 21.7 Å². The first-order chi connectivity index (χ1) is 11.7. The second-order valence-electron chi connectivity index (χ2n) is 7.37. The first-order valence-electron chi connectivity index (χ1n) is 8.36. The Labute approximate surface area is 158 Å². The number of fused-ring (bicyclic) bond motifs is 1. The normalized spacial score (nSPS) is 18.6. The van der Waals surface area contributed by atoms with Crippen molar-refractivity contribution >= 4 is 40.6 Å². The van der Waals surface area contributed by atoms with Gasteiger partial charge in [-0.05, 0) is 62.9 Å². The quantitative estimate of drug-likeness (QED) is 0.595. The van der Waals surface area contributed by atoms with Crippen molar-refractivity contribution in [2.45, 2.75) is 45.6 Å². The Morgan fingerprint density at radius 3 is 2.56 bits per heavy atom. The van der Waals surface area contributed by atoms with Gasteiger partial charge in [0.1, 0.15) is 0 Å². The number of carbonyl (C=O) groups is 1. The summed E-state index contributed by atoms with van der Waals surface area (Å²) in [6.07, 6.45) is 0.901. The number of benzene rings is 2. The average molecular weight is 377 g/mol. The Kier molecular flexibility index (Phi) is 4.74. The third-order valence-corrected chi connectivity index (χ3v) is 5.48. The molecule has 0 aromatic heterocycles. The molecule has 1 N–H and O–H groups in total. The van der Waals surface area contributed by atoms with Crippen LogP contribution in [0.1, 0.15) is 44.2 Å². The van der Waals surface area contributed by atoms with E-state index in [9.17, 15) is 4.79 Å². The first kappa shape index (κ1) is 18.1. The van der Waals surface area contributed by atoms with Crippen LogP contribution in [0.5, 0.6) is 0 Å². The van der Waals surface area contributed by atoms with Crippen molar-refractivity contribution in [3.8, 4) is 0 Å². The molecule has 0 aliphatic carbocycles. The summed E-state index contributed by atoms with van der Waals surface area (Å²) in [5.41, 5.74) is 3.72. The summed E-state index contributed by atoms with van der Waals surface area (Å²) < 4.78 is 0. The number of nitrogens with one attached hydrogen (secondary N) is 1. The molecule has 2 amide bonds. The highest BCUT2D eigenvalue weighted by Gasteiger charge is 2.40. The molecule has 5 heteroatoms. The van der Waals surface area contributed by atoms with Crippen LogP contribution in [-0.4, -0.2) is 11.6 Å². The van der Waals surface area contributed by atoms with Crippen molar-refractivity contribution in [1.82, 2.24) is 0 Å². The highest BCUT2D eigenvalue weighted by molar-refractivity contribution is 6.42. The predicted octanol–water partition coefficient (Wildman–Crippen LogP) is 6.63. The lowest BCUT2D eigenvalue weighted by Gasteiger charge is -2.45.